The Hall–Kier alpha value is -4.18. The molecule has 1 aromatic carbocycles. The molecular weight excluding hydrogens is 500 g/mol. The molecule has 0 radical (unpaired) electrons. The van der Waals surface area contributed by atoms with E-state index in [1.807, 2.05) is 18.2 Å². The number of rotatable bonds is 7. The number of ether oxygens (including phenoxy) is 2. The second-order valence-electron chi connectivity index (χ2n) is 10.00. The lowest BCUT2D eigenvalue weighted by atomic mass is 9.83. The lowest BCUT2D eigenvalue weighted by Gasteiger charge is -2.37. The Kier molecular flexibility index (Phi) is 6.90. The Balaban J connectivity index is 1.39. The highest BCUT2D eigenvalue weighted by Gasteiger charge is 2.47. The van der Waals surface area contributed by atoms with Crippen LogP contribution < -0.4 is 15.4 Å². The number of aryl methyl sites for hydroxylation is 1. The van der Waals surface area contributed by atoms with Crippen LogP contribution >= 0.6 is 0 Å². The number of benzene rings is 1. The van der Waals surface area contributed by atoms with Crippen molar-refractivity contribution >= 4 is 34.6 Å². The van der Waals surface area contributed by atoms with Gasteiger partial charge in [0.15, 0.2) is 5.60 Å². The number of fused-ring (bicyclic) bond motifs is 4. The number of nitrogens with zero attached hydrogens (tertiary/aromatic N) is 2. The molecule has 1 aromatic heterocycles. The van der Waals surface area contributed by atoms with Crippen LogP contribution in [0.2, 0.25) is 0 Å². The number of carbonyl (C=O) groups is 3. The molecular formula is C29H32N4O6. The first-order chi connectivity index (χ1) is 18.7. The highest BCUT2D eigenvalue weighted by molar-refractivity contribution is 5.93. The highest BCUT2D eigenvalue weighted by Crippen LogP contribution is 2.44. The van der Waals surface area contributed by atoms with Crippen molar-refractivity contribution in [3.63, 3.8) is 0 Å². The summed E-state index contributed by atoms with van der Waals surface area (Å²) in [5.41, 5.74) is 4.95. The summed E-state index contributed by atoms with van der Waals surface area (Å²) in [6, 6.07) is 5.34. The summed E-state index contributed by atoms with van der Waals surface area (Å²) in [6.07, 6.45) is 2.25. The Morgan fingerprint density at radius 3 is 2.72 bits per heavy atom. The van der Waals surface area contributed by atoms with E-state index in [1.54, 1.807) is 19.9 Å². The van der Waals surface area contributed by atoms with E-state index in [0.717, 1.165) is 45.4 Å². The molecule has 2 aromatic rings. The van der Waals surface area contributed by atoms with Crippen molar-refractivity contribution in [2.75, 3.05) is 26.2 Å². The molecule has 0 saturated carbocycles. The molecule has 2 amide bonds. The molecule has 0 bridgehead atoms. The summed E-state index contributed by atoms with van der Waals surface area (Å²) in [4.78, 5) is 43.4. The maximum absolute atomic E-state index is 12.4. The van der Waals surface area contributed by atoms with Gasteiger partial charge in [0, 0.05) is 48.3 Å². The van der Waals surface area contributed by atoms with E-state index in [2.05, 4.69) is 29.0 Å². The molecule has 10 nitrogen and oxygen atoms in total. The first-order valence-corrected chi connectivity index (χ1v) is 13.1. The summed E-state index contributed by atoms with van der Waals surface area (Å²) in [7, 11) is 0. The van der Waals surface area contributed by atoms with Gasteiger partial charge in [-0.25, -0.2) is 14.6 Å². The molecule has 5 rings (SSSR count). The fraction of sp³-hybridized carbons (Fsp3) is 0.379. The zero-order valence-electron chi connectivity index (χ0n) is 22.3. The molecule has 3 aliphatic heterocycles. The van der Waals surface area contributed by atoms with Gasteiger partial charge in [0.1, 0.15) is 12.4 Å². The smallest absolute Gasteiger partial charge is 0.412 e. The van der Waals surface area contributed by atoms with Gasteiger partial charge in [-0.05, 0) is 55.2 Å². The topological polar surface area (TPSA) is 130 Å². The lowest BCUT2D eigenvalue weighted by Crippen LogP contribution is -2.47. The molecule has 0 unspecified atom stereocenters. The number of esters is 1. The summed E-state index contributed by atoms with van der Waals surface area (Å²) in [5, 5.41) is 17.3. The van der Waals surface area contributed by atoms with E-state index in [4.69, 9.17) is 14.5 Å². The van der Waals surface area contributed by atoms with Gasteiger partial charge in [-0.1, -0.05) is 20.4 Å². The Bertz CT molecular complexity index is 1480. The number of carbonyl (C=O) groups excluding carboxylic acids is 3. The third-order valence-electron chi connectivity index (χ3n) is 7.46. The molecule has 1 atom stereocenters. The van der Waals surface area contributed by atoms with E-state index in [-0.39, 0.29) is 32.0 Å². The number of amides is 2. The van der Waals surface area contributed by atoms with E-state index in [0.29, 0.717) is 30.0 Å². The second-order valence-corrected chi connectivity index (χ2v) is 10.00. The minimum atomic E-state index is -1.65. The Morgan fingerprint density at radius 2 is 2.00 bits per heavy atom. The van der Waals surface area contributed by atoms with Crippen molar-refractivity contribution in [2.24, 2.45) is 0 Å². The lowest BCUT2D eigenvalue weighted by molar-refractivity contribution is -0.163. The summed E-state index contributed by atoms with van der Waals surface area (Å²) < 4.78 is 10.8. The minimum absolute atomic E-state index is 0.173. The standard InChI is InChI=1S/C29H32N4O6/c1-5-19-20-11-18(39-28(36)31-10-9-30-26(34)16(3)4)7-8-23(20)32-25-21(19)14-33-13-17-15-38-27(35)29(37,6-2)22(17)12-24(25)33/h7-8,11-12,37H,3,5-6,9-10,13-15H2,1-2,4H3,(H,30,34)(H,31,36)/t29-/m0/s1. The predicted molar refractivity (Wildman–Crippen MR) is 145 cm³/mol. The minimum Gasteiger partial charge on any atom is -0.459 e. The van der Waals surface area contributed by atoms with Gasteiger partial charge < -0.3 is 30.1 Å². The third kappa shape index (κ3) is 4.65. The zero-order valence-corrected chi connectivity index (χ0v) is 22.3. The fourth-order valence-electron chi connectivity index (χ4n) is 5.36. The van der Waals surface area contributed by atoms with Gasteiger partial charge in [0.2, 0.25) is 5.91 Å². The van der Waals surface area contributed by atoms with Gasteiger partial charge in [-0.3, -0.25) is 4.79 Å². The molecule has 0 saturated heterocycles. The van der Waals surface area contributed by atoms with Crippen molar-refractivity contribution in [3.05, 3.63) is 64.4 Å². The maximum atomic E-state index is 12.4. The SMILES string of the molecule is C=C(C)C(=O)NCCNC(=O)Oc1ccc2nc3c(c(CC)c2c1)CN1CC2=C(C=C31)[C@@](O)(CC)C(=O)OC2. The van der Waals surface area contributed by atoms with E-state index in [1.165, 1.54) is 0 Å². The van der Waals surface area contributed by atoms with Crippen molar-refractivity contribution in [3.8, 4) is 5.75 Å². The van der Waals surface area contributed by atoms with Crippen molar-refractivity contribution in [1.82, 2.24) is 20.5 Å². The predicted octanol–water partition coefficient (Wildman–Crippen LogP) is 2.74. The maximum Gasteiger partial charge on any atom is 0.412 e. The van der Waals surface area contributed by atoms with Gasteiger partial charge in [0.05, 0.1) is 16.9 Å². The first kappa shape index (κ1) is 26.4. The quantitative estimate of drug-likeness (QED) is 0.282. The summed E-state index contributed by atoms with van der Waals surface area (Å²) in [6.45, 7) is 10.9. The second kappa shape index (κ2) is 10.2. The molecule has 0 aliphatic carbocycles. The fourth-order valence-corrected chi connectivity index (χ4v) is 5.36. The molecule has 39 heavy (non-hydrogen) atoms. The molecule has 4 heterocycles. The van der Waals surface area contributed by atoms with Crippen LogP contribution in [0.4, 0.5) is 4.79 Å². The first-order valence-electron chi connectivity index (χ1n) is 13.1. The van der Waals surface area contributed by atoms with Gasteiger partial charge >= 0.3 is 12.1 Å². The largest absolute Gasteiger partial charge is 0.459 e. The Labute approximate surface area is 226 Å². The molecule has 0 fully saturated rings. The van der Waals surface area contributed by atoms with Crippen molar-refractivity contribution in [1.29, 1.82) is 0 Å². The average molecular weight is 533 g/mol. The Morgan fingerprint density at radius 1 is 1.23 bits per heavy atom. The number of nitrogens with one attached hydrogen (secondary N) is 2. The number of hydrogen-bond acceptors (Lipinski definition) is 8. The van der Waals surface area contributed by atoms with Crippen LogP contribution in [0.15, 0.2) is 47.6 Å². The highest BCUT2D eigenvalue weighted by atomic mass is 16.6. The summed E-state index contributed by atoms with van der Waals surface area (Å²) in [5.74, 6) is -0.489. The average Bonchev–Trinajstić information content (AvgIpc) is 3.27. The monoisotopic (exact) mass is 532 g/mol. The van der Waals surface area contributed by atoms with Gasteiger partial charge in [-0.2, -0.15) is 0 Å². The normalized spacial score (nSPS) is 19.5. The van der Waals surface area contributed by atoms with Gasteiger partial charge in [-0.15, -0.1) is 0 Å². The number of cyclic esters (lactones) is 1. The van der Waals surface area contributed by atoms with E-state index >= 15 is 0 Å². The number of aliphatic hydroxyl groups is 1. The van der Waals surface area contributed by atoms with Crippen molar-refractivity contribution in [2.45, 2.75) is 45.8 Å². The van der Waals surface area contributed by atoms with Crippen LogP contribution in [0, 0.1) is 0 Å². The number of pyridine rings is 1. The van der Waals surface area contributed by atoms with Crippen LogP contribution in [-0.4, -0.2) is 64.8 Å². The molecule has 204 valence electrons. The van der Waals surface area contributed by atoms with Crippen LogP contribution in [0.3, 0.4) is 0 Å². The number of aromatic nitrogens is 1. The van der Waals surface area contributed by atoms with E-state index in [9.17, 15) is 19.5 Å². The molecule has 3 aliphatic rings. The summed E-state index contributed by atoms with van der Waals surface area (Å²) >= 11 is 0. The third-order valence-corrected chi connectivity index (χ3v) is 7.46. The molecule has 10 heteroatoms. The van der Waals surface area contributed by atoms with E-state index < -0.39 is 17.7 Å². The van der Waals surface area contributed by atoms with Gasteiger partial charge in [0.25, 0.3) is 0 Å². The van der Waals surface area contributed by atoms with Crippen LogP contribution in [0.25, 0.3) is 16.6 Å². The van der Waals surface area contributed by atoms with Crippen LogP contribution in [-0.2, 0) is 27.3 Å². The molecule has 0 spiro atoms. The van der Waals surface area contributed by atoms with Crippen LogP contribution in [0.5, 0.6) is 5.75 Å². The zero-order chi connectivity index (χ0) is 27.9. The number of hydrogen-bond donors (Lipinski definition) is 3. The van der Waals surface area contributed by atoms with Crippen molar-refractivity contribution < 1.29 is 29.0 Å². The van der Waals surface area contributed by atoms with Crippen LogP contribution in [0.1, 0.15) is 44.0 Å². The molecule has 3 N–H and O–H groups in total.